The quantitative estimate of drug-likeness (QED) is 0.148. The number of benzene rings is 4. The van der Waals surface area contributed by atoms with Crippen LogP contribution in [0.5, 0.6) is 0 Å². The number of aryl methyl sites for hydroxylation is 1. The molecule has 1 unspecified atom stereocenters. The third-order valence-corrected chi connectivity index (χ3v) is 8.96. The third kappa shape index (κ3) is 8.40. The molecule has 6 rings (SSSR count). The number of aromatic nitrogens is 1. The van der Waals surface area contributed by atoms with Gasteiger partial charge in [0.15, 0.2) is 0 Å². The Balaban J connectivity index is 1.35. The standard InChI is InChI=1S/C42H43N5O5/c1-28-23-31(38(48)44-32-17-7-5-8-18-32)27-46(28)36-22-14-13-21-34(36)40(50)47-26-30-16-12-11-15-29(30)24-37(47)35(25-43-41(51)52-42(2,3)4)39(49)45-33-19-9-6-10-20-33/h5-23,27,35,37H,24-26H2,1-4H3,(H,43,51)(H,44,48)(H,45,49)/t35?,37-/m0/s1. The summed E-state index contributed by atoms with van der Waals surface area (Å²) < 4.78 is 7.34. The van der Waals surface area contributed by atoms with E-state index in [2.05, 4.69) is 16.0 Å². The second-order valence-corrected chi connectivity index (χ2v) is 13.9. The van der Waals surface area contributed by atoms with Crippen molar-refractivity contribution in [3.05, 3.63) is 149 Å². The predicted octanol–water partition coefficient (Wildman–Crippen LogP) is 7.38. The van der Waals surface area contributed by atoms with Gasteiger partial charge in [-0.1, -0.05) is 72.8 Å². The number of hydrogen-bond donors (Lipinski definition) is 3. The van der Waals surface area contributed by atoms with Crippen molar-refractivity contribution >= 4 is 35.2 Å². The Labute approximate surface area is 303 Å². The highest BCUT2D eigenvalue weighted by molar-refractivity contribution is 6.05. The number of rotatable bonds is 9. The summed E-state index contributed by atoms with van der Waals surface area (Å²) in [5, 5.41) is 8.72. The molecule has 266 valence electrons. The fraction of sp³-hybridized carbons (Fsp3) is 0.238. The zero-order valence-electron chi connectivity index (χ0n) is 29.8. The Morgan fingerprint density at radius 2 is 1.38 bits per heavy atom. The maximum atomic E-state index is 14.9. The van der Waals surface area contributed by atoms with Gasteiger partial charge < -0.3 is 30.2 Å². The SMILES string of the molecule is Cc1cc(C(=O)Nc2ccccc2)cn1-c1ccccc1C(=O)N1Cc2ccccc2C[C@H]1C(CNC(=O)OC(C)(C)C)C(=O)Nc1ccccc1. The zero-order valence-corrected chi connectivity index (χ0v) is 29.8. The summed E-state index contributed by atoms with van der Waals surface area (Å²) in [6.45, 7) is 7.38. The van der Waals surface area contributed by atoms with Crippen molar-refractivity contribution in [1.82, 2.24) is 14.8 Å². The molecule has 0 saturated carbocycles. The molecule has 1 aromatic heterocycles. The molecular formula is C42H43N5O5. The molecule has 52 heavy (non-hydrogen) atoms. The Morgan fingerprint density at radius 1 is 0.788 bits per heavy atom. The lowest BCUT2D eigenvalue weighted by atomic mass is 9.85. The van der Waals surface area contributed by atoms with Gasteiger partial charge in [0.2, 0.25) is 5.91 Å². The highest BCUT2D eigenvalue weighted by atomic mass is 16.6. The maximum absolute atomic E-state index is 14.9. The van der Waals surface area contributed by atoms with Crippen molar-refractivity contribution in [3.8, 4) is 5.69 Å². The molecule has 0 saturated heterocycles. The summed E-state index contributed by atoms with van der Waals surface area (Å²) in [7, 11) is 0. The predicted molar refractivity (Wildman–Crippen MR) is 202 cm³/mol. The van der Waals surface area contributed by atoms with E-state index < -0.39 is 23.7 Å². The molecule has 4 amide bonds. The number of ether oxygens (including phenoxy) is 1. The second-order valence-electron chi connectivity index (χ2n) is 13.9. The van der Waals surface area contributed by atoms with Gasteiger partial charge in [0.25, 0.3) is 11.8 Å². The number of amides is 4. The molecule has 4 aromatic carbocycles. The van der Waals surface area contributed by atoms with Crippen LogP contribution in [0, 0.1) is 12.8 Å². The van der Waals surface area contributed by atoms with Crippen molar-refractivity contribution in [2.75, 3.05) is 17.2 Å². The molecule has 0 bridgehead atoms. The molecule has 0 radical (unpaired) electrons. The van der Waals surface area contributed by atoms with Gasteiger partial charge in [-0.3, -0.25) is 14.4 Å². The topological polar surface area (TPSA) is 122 Å². The van der Waals surface area contributed by atoms with Crippen molar-refractivity contribution in [1.29, 1.82) is 0 Å². The van der Waals surface area contributed by atoms with Crippen LogP contribution in [0.3, 0.4) is 0 Å². The lowest BCUT2D eigenvalue weighted by Gasteiger charge is -2.41. The Morgan fingerprint density at radius 3 is 2.06 bits per heavy atom. The molecule has 0 fully saturated rings. The van der Waals surface area contributed by atoms with E-state index in [0.717, 1.165) is 16.8 Å². The minimum Gasteiger partial charge on any atom is -0.444 e. The zero-order chi connectivity index (χ0) is 36.8. The summed E-state index contributed by atoms with van der Waals surface area (Å²) in [5.74, 6) is -1.74. The molecule has 2 atom stereocenters. The van der Waals surface area contributed by atoms with Gasteiger partial charge in [0, 0.05) is 42.4 Å². The molecule has 0 spiro atoms. The van der Waals surface area contributed by atoms with Gasteiger partial charge in [0.05, 0.1) is 22.7 Å². The van der Waals surface area contributed by atoms with Crippen LogP contribution < -0.4 is 16.0 Å². The third-order valence-electron chi connectivity index (χ3n) is 8.96. The van der Waals surface area contributed by atoms with Crippen LogP contribution in [-0.2, 0) is 22.5 Å². The second kappa shape index (κ2) is 15.4. The summed E-state index contributed by atoms with van der Waals surface area (Å²) in [6, 6.07) is 34.6. The molecule has 0 aliphatic carbocycles. The number of nitrogens with one attached hydrogen (secondary N) is 3. The van der Waals surface area contributed by atoms with Crippen LogP contribution in [0.1, 0.15) is 58.3 Å². The maximum Gasteiger partial charge on any atom is 0.407 e. The highest BCUT2D eigenvalue weighted by Crippen LogP contribution is 2.32. The number of para-hydroxylation sites is 3. The normalized spacial score (nSPS) is 14.5. The number of nitrogens with zero attached hydrogens (tertiary/aromatic N) is 2. The van der Waals surface area contributed by atoms with Gasteiger partial charge in [-0.05, 0) is 87.7 Å². The Hall–Kier alpha value is -6.16. The number of anilines is 2. The van der Waals surface area contributed by atoms with Gasteiger partial charge in [-0.2, -0.15) is 0 Å². The molecule has 3 N–H and O–H groups in total. The highest BCUT2D eigenvalue weighted by Gasteiger charge is 2.40. The minimum atomic E-state index is -0.848. The van der Waals surface area contributed by atoms with Crippen molar-refractivity contribution < 1.29 is 23.9 Å². The van der Waals surface area contributed by atoms with E-state index in [4.69, 9.17) is 4.74 Å². The minimum absolute atomic E-state index is 0.0670. The molecule has 2 heterocycles. The Bertz CT molecular complexity index is 2070. The number of fused-ring (bicyclic) bond motifs is 1. The molecule has 10 nitrogen and oxygen atoms in total. The van der Waals surface area contributed by atoms with E-state index in [1.807, 2.05) is 96.4 Å². The molecule has 1 aliphatic rings. The van der Waals surface area contributed by atoms with Crippen molar-refractivity contribution in [2.24, 2.45) is 5.92 Å². The van der Waals surface area contributed by atoms with Crippen LogP contribution in [0.4, 0.5) is 16.2 Å². The van der Waals surface area contributed by atoms with Crippen LogP contribution in [0.25, 0.3) is 5.69 Å². The molecular weight excluding hydrogens is 654 g/mol. The number of alkyl carbamates (subject to hydrolysis) is 1. The van der Waals surface area contributed by atoms with Crippen LogP contribution in [-0.4, -0.2) is 51.5 Å². The van der Waals surface area contributed by atoms with Crippen LogP contribution >= 0.6 is 0 Å². The fourth-order valence-corrected chi connectivity index (χ4v) is 6.50. The van der Waals surface area contributed by atoms with Crippen molar-refractivity contribution in [2.45, 2.75) is 52.3 Å². The number of carbonyl (C=O) groups excluding carboxylic acids is 4. The van der Waals surface area contributed by atoms with Gasteiger partial charge >= 0.3 is 6.09 Å². The van der Waals surface area contributed by atoms with Gasteiger partial charge in [-0.15, -0.1) is 0 Å². The van der Waals surface area contributed by atoms with E-state index in [1.54, 1.807) is 62.2 Å². The lowest BCUT2D eigenvalue weighted by molar-refractivity contribution is -0.121. The summed E-state index contributed by atoms with van der Waals surface area (Å²) in [6.07, 6.45) is 1.46. The van der Waals surface area contributed by atoms with E-state index in [-0.39, 0.29) is 30.8 Å². The smallest absolute Gasteiger partial charge is 0.407 e. The van der Waals surface area contributed by atoms with Crippen molar-refractivity contribution in [3.63, 3.8) is 0 Å². The first-order valence-corrected chi connectivity index (χ1v) is 17.3. The number of hydrogen-bond acceptors (Lipinski definition) is 5. The number of carbonyl (C=O) groups is 4. The molecule has 10 heteroatoms. The van der Waals surface area contributed by atoms with Crippen LogP contribution in [0.2, 0.25) is 0 Å². The average molecular weight is 698 g/mol. The van der Waals surface area contributed by atoms with E-state index in [1.165, 1.54) is 0 Å². The van der Waals surface area contributed by atoms with Crippen LogP contribution in [0.15, 0.2) is 121 Å². The average Bonchev–Trinajstić information content (AvgIpc) is 3.52. The summed E-state index contributed by atoms with van der Waals surface area (Å²) in [5.41, 5.74) is 4.75. The fourth-order valence-electron chi connectivity index (χ4n) is 6.50. The monoisotopic (exact) mass is 697 g/mol. The van der Waals surface area contributed by atoms with E-state index >= 15 is 0 Å². The van der Waals surface area contributed by atoms with E-state index in [9.17, 15) is 19.2 Å². The summed E-state index contributed by atoms with van der Waals surface area (Å²) in [4.78, 5) is 56.9. The largest absolute Gasteiger partial charge is 0.444 e. The van der Waals surface area contributed by atoms with E-state index in [0.29, 0.717) is 34.6 Å². The first-order valence-electron chi connectivity index (χ1n) is 17.3. The molecule has 1 aliphatic heterocycles. The van der Waals surface area contributed by atoms with Gasteiger partial charge in [-0.25, -0.2) is 4.79 Å². The lowest BCUT2D eigenvalue weighted by Crippen LogP contribution is -2.54. The first-order chi connectivity index (χ1) is 25.0. The first kappa shape index (κ1) is 35.7. The van der Waals surface area contributed by atoms with Gasteiger partial charge in [0.1, 0.15) is 5.60 Å². The molecule has 5 aromatic rings. The summed E-state index contributed by atoms with van der Waals surface area (Å²) >= 11 is 0. The Kier molecular flexibility index (Phi) is 10.6.